The van der Waals surface area contributed by atoms with Crippen molar-refractivity contribution in [3.63, 3.8) is 0 Å². The molecule has 7 N–H and O–H groups in total. The first-order valence-corrected chi connectivity index (χ1v) is 5.09. The standard InChI is InChI=1S/C10H12ClN4O2/c11-5-1-2-8(6(12)3-5)15-10(17)7(13)4-9(14)16/h1,3,7H,4,12-13H2,(H2,14,16)(H,15,17)/t7-/m1/s1. The fraction of sp³-hybridized carbons (Fsp3) is 0.200. The highest BCUT2D eigenvalue weighted by Gasteiger charge is 2.16. The summed E-state index contributed by atoms with van der Waals surface area (Å²) in [5, 5.41) is 2.84. The Hall–Kier alpha value is -1.79. The van der Waals surface area contributed by atoms with Crippen LogP contribution in [-0.2, 0) is 9.59 Å². The number of primary amides is 1. The van der Waals surface area contributed by atoms with Crippen molar-refractivity contribution in [2.24, 2.45) is 11.5 Å². The Kier molecular flexibility index (Phi) is 4.30. The first-order valence-electron chi connectivity index (χ1n) is 4.71. The van der Waals surface area contributed by atoms with Gasteiger partial charge in [-0.15, -0.1) is 0 Å². The zero-order chi connectivity index (χ0) is 13.0. The summed E-state index contributed by atoms with van der Waals surface area (Å²) in [6.07, 6.45) is -0.237. The maximum absolute atomic E-state index is 11.5. The third-order valence-electron chi connectivity index (χ3n) is 1.94. The number of halogens is 1. The van der Waals surface area contributed by atoms with Gasteiger partial charge in [0.25, 0.3) is 0 Å². The van der Waals surface area contributed by atoms with E-state index in [2.05, 4.69) is 11.4 Å². The topological polar surface area (TPSA) is 124 Å². The van der Waals surface area contributed by atoms with E-state index >= 15 is 0 Å². The molecule has 0 aromatic heterocycles. The largest absolute Gasteiger partial charge is 0.397 e. The molecule has 91 valence electrons. The van der Waals surface area contributed by atoms with E-state index in [4.69, 9.17) is 28.8 Å². The first kappa shape index (κ1) is 13.3. The van der Waals surface area contributed by atoms with E-state index in [-0.39, 0.29) is 17.8 Å². The predicted octanol–water partition coefficient (Wildman–Crippen LogP) is -0.136. The van der Waals surface area contributed by atoms with Crippen molar-refractivity contribution in [3.8, 4) is 0 Å². The van der Waals surface area contributed by atoms with Crippen LogP contribution in [0.25, 0.3) is 0 Å². The number of benzene rings is 1. The molecule has 1 rings (SSSR count). The highest BCUT2D eigenvalue weighted by molar-refractivity contribution is 6.31. The van der Waals surface area contributed by atoms with Gasteiger partial charge in [-0.05, 0) is 12.1 Å². The van der Waals surface area contributed by atoms with E-state index in [9.17, 15) is 9.59 Å². The molecule has 0 fully saturated rings. The van der Waals surface area contributed by atoms with Crippen LogP contribution in [0.3, 0.4) is 0 Å². The van der Waals surface area contributed by atoms with Gasteiger partial charge >= 0.3 is 0 Å². The molecule has 2 amide bonds. The fourth-order valence-corrected chi connectivity index (χ4v) is 1.29. The van der Waals surface area contributed by atoms with Gasteiger partial charge in [-0.1, -0.05) is 11.6 Å². The van der Waals surface area contributed by atoms with E-state index in [1.165, 1.54) is 12.1 Å². The van der Waals surface area contributed by atoms with Gasteiger partial charge in [0.2, 0.25) is 11.8 Å². The normalized spacial score (nSPS) is 11.9. The van der Waals surface area contributed by atoms with Crippen LogP contribution >= 0.6 is 11.6 Å². The Balaban J connectivity index is 2.71. The van der Waals surface area contributed by atoms with Crippen molar-refractivity contribution in [1.29, 1.82) is 0 Å². The lowest BCUT2D eigenvalue weighted by Gasteiger charge is -2.12. The van der Waals surface area contributed by atoms with Gasteiger partial charge < -0.3 is 22.5 Å². The van der Waals surface area contributed by atoms with Gasteiger partial charge in [-0.3, -0.25) is 9.59 Å². The van der Waals surface area contributed by atoms with Gasteiger partial charge in [0.15, 0.2) is 0 Å². The Morgan fingerprint density at radius 1 is 1.53 bits per heavy atom. The van der Waals surface area contributed by atoms with Gasteiger partial charge in [-0.2, -0.15) is 0 Å². The summed E-state index contributed by atoms with van der Waals surface area (Å²) < 4.78 is 0. The number of rotatable bonds is 4. The minimum Gasteiger partial charge on any atom is -0.397 e. The zero-order valence-electron chi connectivity index (χ0n) is 8.87. The summed E-state index contributed by atoms with van der Waals surface area (Å²) in [5.74, 6) is -1.21. The maximum atomic E-state index is 11.5. The van der Waals surface area contributed by atoms with Crippen molar-refractivity contribution >= 4 is 34.8 Å². The van der Waals surface area contributed by atoms with Crippen molar-refractivity contribution in [2.45, 2.75) is 12.5 Å². The van der Waals surface area contributed by atoms with Crippen molar-refractivity contribution in [3.05, 3.63) is 23.2 Å². The van der Waals surface area contributed by atoms with Crippen molar-refractivity contribution in [2.75, 3.05) is 11.1 Å². The summed E-state index contributed by atoms with van der Waals surface area (Å²) >= 11 is 5.68. The third kappa shape index (κ3) is 3.93. The number of hydrogen-bond acceptors (Lipinski definition) is 4. The molecule has 0 aliphatic rings. The lowest BCUT2D eigenvalue weighted by Crippen LogP contribution is -2.39. The molecular formula is C10H12ClN4O2. The molecule has 1 atom stereocenters. The molecule has 1 aromatic carbocycles. The van der Waals surface area contributed by atoms with Gasteiger partial charge in [-0.25, -0.2) is 0 Å². The van der Waals surface area contributed by atoms with E-state index in [1.807, 2.05) is 0 Å². The van der Waals surface area contributed by atoms with Crippen LogP contribution in [0.2, 0.25) is 5.02 Å². The molecule has 0 aliphatic carbocycles. The number of hydrogen-bond donors (Lipinski definition) is 4. The molecule has 0 saturated heterocycles. The van der Waals surface area contributed by atoms with Gasteiger partial charge in [0.1, 0.15) is 0 Å². The number of amides is 2. The lowest BCUT2D eigenvalue weighted by atomic mass is 10.2. The molecule has 0 heterocycles. The minimum absolute atomic E-state index is 0.237. The van der Waals surface area contributed by atoms with Crippen LogP contribution < -0.4 is 22.5 Å². The highest BCUT2D eigenvalue weighted by atomic mass is 35.5. The fourth-order valence-electron chi connectivity index (χ4n) is 1.12. The van der Waals surface area contributed by atoms with Gasteiger partial charge in [0.05, 0.1) is 23.8 Å². The van der Waals surface area contributed by atoms with Gasteiger partial charge in [0, 0.05) is 11.1 Å². The Morgan fingerprint density at radius 2 is 2.18 bits per heavy atom. The summed E-state index contributed by atoms with van der Waals surface area (Å²) in [4.78, 5) is 22.1. The second-order valence-electron chi connectivity index (χ2n) is 3.41. The SMILES string of the molecule is NC(=O)C[C@@H](N)C(=O)Nc1[c]cc(Cl)cc1N. The molecule has 0 spiro atoms. The quantitative estimate of drug-likeness (QED) is 0.559. The van der Waals surface area contributed by atoms with Crippen LogP contribution in [0.15, 0.2) is 12.1 Å². The number of nitrogens with one attached hydrogen (secondary N) is 1. The Morgan fingerprint density at radius 3 is 2.71 bits per heavy atom. The van der Waals surface area contributed by atoms with Crippen LogP contribution in [0.4, 0.5) is 11.4 Å². The molecule has 0 unspecified atom stereocenters. The molecule has 6 nitrogen and oxygen atoms in total. The summed E-state index contributed by atoms with van der Waals surface area (Å²) in [7, 11) is 0. The average molecular weight is 256 g/mol. The minimum atomic E-state index is -1.02. The van der Waals surface area contributed by atoms with Crippen LogP contribution in [0, 0.1) is 6.07 Å². The molecule has 0 saturated carbocycles. The lowest BCUT2D eigenvalue weighted by molar-refractivity contribution is -0.123. The summed E-state index contributed by atoms with van der Waals surface area (Å²) in [6, 6.07) is 4.58. The number of carbonyl (C=O) groups excluding carboxylic acids is 2. The predicted molar refractivity (Wildman–Crippen MR) is 65.1 cm³/mol. The molecule has 17 heavy (non-hydrogen) atoms. The number of carbonyl (C=O) groups is 2. The molecule has 0 aliphatic heterocycles. The second-order valence-corrected chi connectivity index (χ2v) is 3.85. The van der Waals surface area contributed by atoms with Crippen molar-refractivity contribution in [1.82, 2.24) is 0 Å². The van der Waals surface area contributed by atoms with E-state index < -0.39 is 17.9 Å². The van der Waals surface area contributed by atoms with E-state index in [0.717, 1.165) is 0 Å². The summed E-state index contributed by atoms with van der Waals surface area (Å²) in [5.41, 5.74) is 16.5. The zero-order valence-corrected chi connectivity index (χ0v) is 9.62. The maximum Gasteiger partial charge on any atom is 0.241 e. The summed E-state index contributed by atoms with van der Waals surface area (Å²) in [6.45, 7) is 0. The Bertz CT molecular complexity index is 450. The smallest absolute Gasteiger partial charge is 0.241 e. The first-order chi connectivity index (χ1) is 7.90. The molecule has 7 heteroatoms. The van der Waals surface area contributed by atoms with Crippen LogP contribution in [0.1, 0.15) is 6.42 Å². The number of nitrogen functional groups attached to an aromatic ring is 1. The number of anilines is 2. The molecule has 1 aromatic rings. The monoisotopic (exact) mass is 255 g/mol. The average Bonchev–Trinajstić information content (AvgIpc) is 2.21. The third-order valence-corrected chi connectivity index (χ3v) is 2.16. The Labute approximate surface area is 103 Å². The second kappa shape index (κ2) is 5.51. The highest BCUT2D eigenvalue weighted by Crippen LogP contribution is 2.21. The van der Waals surface area contributed by atoms with Crippen LogP contribution in [0.5, 0.6) is 0 Å². The molecule has 1 radical (unpaired) electrons. The molecular weight excluding hydrogens is 244 g/mol. The van der Waals surface area contributed by atoms with Crippen LogP contribution in [-0.4, -0.2) is 17.9 Å². The van der Waals surface area contributed by atoms with E-state index in [0.29, 0.717) is 5.02 Å². The number of nitrogens with two attached hydrogens (primary N) is 3. The van der Waals surface area contributed by atoms with E-state index in [1.54, 1.807) is 0 Å². The van der Waals surface area contributed by atoms with Crippen molar-refractivity contribution < 1.29 is 9.59 Å². The molecule has 0 bridgehead atoms.